The predicted molar refractivity (Wildman–Crippen MR) is 99.7 cm³/mol. The Balaban J connectivity index is 1.80. The molecule has 28 heavy (non-hydrogen) atoms. The molecule has 140 valence electrons. The van der Waals surface area contributed by atoms with Crippen molar-refractivity contribution in [2.24, 2.45) is 0 Å². The fraction of sp³-hybridized carbons (Fsp3) is 0.100. The van der Waals surface area contributed by atoms with E-state index in [1.165, 1.54) is 24.5 Å². The van der Waals surface area contributed by atoms with E-state index in [9.17, 15) is 20.2 Å². The van der Waals surface area contributed by atoms with Crippen molar-refractivity contribution < 1.29 is 18.6 Å². The number of nitrogens with zero attached hydrogens (tertiary/aromatic N) is 2. The van der Waals surface area contributed by atoms with Gasteiger partial charge in [-0.3, -0.25) is 14.9 Å². The SMILES string of the molecule is Cc1ccc([N+](=O)[O-])cc1-c1ccc(C=C(C#N)C(=O)NCc2ccco2)o1. The van der Waals surface area contributed by atoms with Gasteiger partial charge < -0.3 is 14.2 Å². The van der Waals surface area contributed by atoms with Gasteiger partial charge in [0.05, 0.1) is 17.7 Å². The molecule has 3 rings (SSSR count). The third kappa shape index (κ3) is 4.16. The molecule has 8 heteroatoms. The Kier molecular flexibility index (Phi) is 5.37. The molecule has 0 aliphatic heterocycles. The van der Waals surface area contributed by atoms with E-state index in [4.69, 9.17) is 8.83 Å². The molecule has 0 saturated carbocycles. The van der Waals surface area contributed by atoms with E-state index in [2.05, 4.69) is 5.32 Å². The van der Waals surface area contributed by atoms with Crippen molar-refractivity contribution in [1.82, 2.24) is 5.32 Å². The third-order valence-corrected chi connectivity index (χ3v) is 3.98. The molecular weight excluding hydrogens is 362 g/mol. The van der Waals surface area contributed by atoms with Crippen LogP contribution in [0.4, 0.5) is 5.69 Å². The Bertz CT molecular complexity index is 1090. The number of nitro groups is 1. The van der Waals surface area contributed by atoms with Crippen LogP contribution < -0.4 is 5.32 Å². The zero-order valence-electron chi connectivity index (χ0n) is 14.8. The van der Waals surface area contributed by atoms with E-state index >= 15 is 0 Å². The number of furan rings is 2. The van der Waals surface area contributed by atoms with E-state index in [-0.39, 0.29) is 23.6 Å². The quantitative estimate of drug-likeness (QED) is 0.300. The summed E-state index contributed by atoms with van der Waals surface area (Å²) in [4.78, 5) is 22.7. The first-order valence-electron chi connectivity index (χ1n) is 8.25. The first-order chi connectivity index (χ1) is 13.5. The number of nitro benzene ring substituents is 1. The van der Waals surface area contributed by atoms with Crippen molar-refractivity contribution >= 4 is 17.7 Å². The third-order valence-electron chi connectivity index (χ3n) is 3.98. The second kappa shape index (κ2) is 8.05. The maximum atomic E-state index is 12.2. The predicted octanol–water partition coefficient (Wildman–Crippen LogP) is 3.98. The molecule has 1 amide bonds. The van der Waals surface area contributed by atoms with Crippen LogP contribution in [-0.2, 0) is 11.3 Å². The Morgan fingerprint density at radius 1 is 1.32 bits per heavy atom. The molecule has 2 heterocycles. The van der Waals surface area contributed by atoms with Crippen LogP contribution in [-0.4, -0.2) is 10.8 Å². The summed E-state index contributed by atoms with van der Waals surface area (Å²) in [7, 11) is 0. The number of carbonyl (C=O) groups is 1. The van der Waals surface area contributed by atoms with Gasteiger partial charge in [0.15, 0.2) is 0 Å². The first kappa shape index (κ1) is 18.7. The Hall–Kier alpha value is -4.12. The van der Waals surface area contributed by atoms with Crippen LogP contribution in [0, 0.1) is 28.4 Å². The molecule has 0 fully saturated rings. The number of nitrogens with one attached hydrogen (secondary N) is 1. The second-order valence-electron chi connectivity index (χ2n) is 5.89. The van der Waals surface area contributed by atoms with Gasteiger partial charge in [-0.1, -0.05) is 6.07 Å². The number of non-ortho nitro benzene ring substituents is 1. The molecule has 0 aliphatic rings. The topological polar surface area (TPSA) is 122 Å². The summed E-state index contributed by atoms with van der Waals surface area (Å²) in [5.41, 5.74) is 1.18. The van der Waals surface area contributed by atoms with E-state index < -0.39 is 10.8 Å². The normalized spacial score (nSPS) is 11.1. The maximum Gasteiger partial charge on any atom is 0.270 e. The van der Waals surface area contributed by atoms with E-state index in [1.807, 2.05) is 6.07 Å². The van der Waals surface area contributed by atoms with E-state index in [0.29, 0.717) is 17.1 Å². The maximum absolute atomic E-state index is 12.2. The van der Waals surface area contributed by atoms with Gasteiger partial charge in [-0.15, -0.1) is 0 Å². The van der Waals surface area contributed by atoms with Crippen LogP contribution in [0.5, 0.6) is 0 Å². The average Bonchev–Trinajstić information content (AvgIpc) is 3.36. The lowest BCUT2D eigenvalue weighted by Gasteiger charge is -2.03. The van der Waals surface area contributed by atoms with Crippen LogP contribution in [0.25, 0.3) is 17.4 Å². The lowest BCUT2D eigenvalue weighted by atomic mass is 10.1. The van der Waals surface area contributed by atoms with Gasteiger partial charge in [-0.05, 0) is 36.8 Å². The smallest absolute Gasteiger partial charge is 0.270 e. The molecule has 1 N–H and O–H groups in total. The average molecular weight is 377 g/mol. The zero-order valence-corrected chi connectivity index (χ0v) is 14.8. The molecule has 0 unspecified atom stereocenters. The van der Waals surface area contributed by atoms with Crippen molar-refractivity contribution in [2.75, 3.05) is 0 Å². The molecule has 0 saturated heterocycles. The lowest BCUT2D eigenvalue weighted by Crippen LogP contribution is -2.23. The monoisotopic (exact) mass is 377 g/mol. The fourth-order valence-corrected chi connectivity index (χ4v) is 2.53. The second-order valence-corrected chi connectivity index (χ2v) is 5.89. The Morgan fingerprint density at radius 3 is 2.82 bits per heavy atom. The Morgan fingerprint density at radius 2 is 2.14 bits per heavy atom. The van der Waals surface area contributed by atoms with Crippen molar-refractivity contribution in [1.29, 1.82) is 5.26 Å². The highest BCUT2D eigenvalue weighted by molar-refractivity contribution is 6.01. The summed E-state index contributed by atoms with van der Waals surface area (Å²) in [5.74, 6) is 0.682. The molecule has 0 radical (unpaired) electrons. The summed E-state index contributed by atoms with van der Waals surface area (Å²) in [6, 6.07) is 12.9. The van der Waals surface area contributed by atoms with Crippen molar-refractivity contribution in [3.8, 4) is 17.4 Å². The molecule has 2 aromatic heterocycles. The van der Waals surface area contributed by atoms with Crippen LogP contribution in [0.15, 0.2) is 63.1 Å². The number of nitriles is 1. The van der Waals surface area contributed by atoms with E-state index in [1.54, 1.807) is 37.3 Å². The molecule has 0 spiro atoms. The molecule has 0 aliphatic carbocycles. The van der Waals surface area contributed by atoms with Gasteiger partial charge in [-0.25, -0.2) is 0 Å². The summed E-state index contributed by atoms with van der Waals surface area (Å²) in [6.45, 7) is 1.96. The summed E-state index contributed by atoms with van der Waals surface area (Å²) < 4.78 is 10.8. The number of amides is 1. The highest BCUT2D eigenvalue weighted by Crippen LogP contribution is 2.29. The number of rotatable bonds is 6. The minimum Gasteiger partial charge on any atom is -0.467 e. The largest absolute Gasteiger partial charge is 0.467 e. The van der Waals surface area contributed by atoms with Crippen LogP contribution in [0.1, 0.15) is 17.1 Å². The van der Waals surface area contributed by atoms with Crippen LogP contribution >= 0.6 is 0 Å². The molecular formula is C20H15N3O5. The minimum absolute atomic E-state index is 0.0518. The van der Waals surface area contributed by atoms with Gasteiger partial charge in [0.2, 0.25) is 0 Å². The van der Waals surface area contributed by atoms with Gasteiger partial charge in [0, 0.05) is 23.8 Å². The summed E-state index contributed by atoms with van der Waals surface area (Å²) >= 11 is 0. The number of benzene rings is 1. The highest BCUT2D eigenvalue weighted by atomic mass is 16.6. The summed E-state index contributed by atoms with van der Waals surface area (Å²) in [5, 5.41) is 22.8. The fourth-order valence-electron chi connectivity index (χ4n) is 2.53. The molecule has 0 atom stereocenters. The standard InChI is InChI=1S/C20H15N3O5/c1-13-4-5-15(23(25)26)10-18(13)19-7-6-16(28-19)9-14(11-21)20(24)22-12-17-3-2-8-27-17/h2-10H,12H2,1H3,(H,22,24). The molecule has 1 aromatic carbocycles. The highest BCUT2D eigenvalue weighted by Gasteiger charge is 2.14. The van der Waals surface area contributed by atoms with Crippen LogP contribution in [0.2, 0.25) is 0 Å². The molecule has 8 nitrogen and oxygen atoms in total. The lowest BCUT2D eigenvalue weighted by molar-refractivity contribution is -0.384. The van der Waals surface area contributed by atoms with Crippen LogP contribution in [0.3, 0.4) is 0 Å². The number of hydrogen-bond acceptors (Lipinski definition) is 6. The molecule has 0 bridgehead atoms. The van der Waals surface area contributed by atoms with Gasteiger partial charge >= 0.3 is 0 Å². The van der Waals surface area contributed by atoms with Gasteiger partial charge in [0.1, 0.15) is 28.9 Å². The number of hydrogen-bond donors (Lipinski definition) is 1. The van der Waals surface area contributed by atoms with Crippen molar-refractivity contribution in [2.45, 2.75) is 13.5 Å². The van der Waals surface area contributed by atoms with Crippen molar-refractivity contribution in [3.05, 3.63) is 81.5 Å². The minimum atomic E-state index is -0.566. The summed E-state index contributed by atoms with van der Waals surface area (Å²) in [6.07, 6.45) is 2.80. The number of aryl methyl sites for hydroxylation is 1. The van der Waals surface area contributed by atoms with Gasteiger partial charge in [-0.2, -0.15) is 5.26 Å². The first-order valence-corrected chi connectivity index (χ1v) is 8.25. The number of carbonyl (C=O) groups excluding carboxylic acids is 1. The van der Waals surface area contributed by atoms with E-state index in [0.717, 1.165) is 5.56 Å². The van der Waals surface area contributed by atoms with Gasteiger partial charge in [0.25, 0.3) is 11.6 Å². The Labute approximate surface area is 159 Å². The molecule has 3 aromatic rings. The zero-order chi connectivity index (χ0) is 20.1. The van der Waals surface area contributed by atoms with Crippen molar-refractivity contribution in [3.63, 3.8) is 0 Å².